The molecule has 0 spiro atoms. The normalized spacial score (nSPS) is 11.4. The molecule has 0 bridgehead atoms. The van der Waals surface area contributed by atoms with Gasteiger partial charge in [-0.3, -0.25) is 0 Å². The molecule has 0 aliphatic heterocycles. The Balaban J connectivity index is 1.84. The number of ether oxygens (including phenoxy) is 2. The Hall–Kier alpha value is -2.74. The Morgan fingerprint density at radius 2 is 1.21 bits per heavy atom. The fourth-order valence-electron chi connectivity index (χ4n) is 3.63. The summed E-state index contributed by atoms with van der Waals surface area (Å²) in [4.78, 5) is 0. The van der Waals surface area contributed by atoms with Crippen molar-refractivity contribution in [3.63, 3.8) is 0 Å². The summed E-state index contributed by atoms with van der Waals surface area (Å²) in [5.74, 6) is 1.74. The van der Waals surface area contributed by atoms with Crippen LogP contribution in [0.2, 0.25) is 0 Å². The molecule has 0 amide bonds. The van der Waals surface area contributed by atoms with Gasteiger partial charge in [0.25, 0.3) is 0 Å². The minimum absolute atomic E-state index is 0.718. The van der Waals surface area contributed by atoms with Crippen molar-refractivity contribution in [2.45, 2.75) is 39.5 Å². The van der Waals surface area contributed by atoms with Gasteiger partial charge in [-0.25, -0.2) is 0 Å². The van der Waals surface area contributed by atoms with E-state index in [-0.39, 0.29) is 0 Å². The van der Waals surface area contributed by atoms with Gasteiger partial charge < -0.3 is 9.47 Å². The molecule has 2 heteroatoms. The Morgan fingerprint density at radius 1 is 0.607 bits per heavy atom. The number of rotatable bonds is 8. The van der Waals surface area contributed by atoms with Crippen molar-refractivity contribution < 1.29 is 9.47 Å². The highest BCUT2D eigenvalue weighted by Crippen LogP contribution is 2.39. The highest BCUT2D eigenvalue weighted by molar-refractivity contribution is 6.06. The third-order valence-electron chi connectivity index (χ3n) is 5.26. The molecule has 0 unspecified atom stereocenters. The van der Waals surface area contributed by atoms with E-state index in [0.717, 1.165) is 55.8 Å². The van der Waals surface area contributed by atoms with Crippen LogP contribution >= 0.6 is 0 Å². The van der Waals surface area contributed by atoms with Crippen LogP contribution in [0.5, 0.6) is 11.5 Å². The van der Waals surface area contributed by atoms with E-state index in [4.69, 9.17) is 9.47 Å². The summed E-state index contributed by atoms with van der Waals surface area (Å²) >= 11 is 0. The molecular formula is C26H28O2. The van der Waals surface area contributed by atoms with Crippen LogP contribution in [-0.4, -0.2) is 13.2 Å². The molecular weight excluding hydrogens is 344 g/mol. The third kappa shape index (κ3) is 3.77. The molecule has 4 aromatic carbocycles. The molecule has 0 N–H and O–H groups in total. The summed E-state index contributed by atoms with van der Waals surface area (Å²) in [6.45, 7) is 5.81. The van der Waals surface area contributed by atoms with Gasteiger partial charge in [0.15, 0.2) is 11.5 Å². The molecule has 0 fully saturated rings. The first kappa shape index (κ1) is 18.6. The maximum Gasteiger partial charge on any atom is 0.168 e. The quantitative estimate of drug-likeness (QED) is 0.235. The van der Waals surface area contributed by atoms with Gasteiger partial charge in [-0.15, -0.1) is 0 Å². The summed E-state index contributed by atoms with van der Waals surface area (Å²) in [6, 6.07) is 21.8. The summed E-state index contributed by atoms with van der Waals surface area (Å²) in [7, 11) is 0. The SMILES string of the molecule is CCCCOc1ccc2cc3cc4ccccc4cc3cc2c1OCCCC. The number of hydrogen-bond acceptors (Lipinski definition) is 2. The molecule has 28 heavy (non-hydrogen) atoms. The van der Waals surface area contributed by atoms with E-state index in [2.05, 4.69) is 74.5 Å². The van der Waals surface area contributed by atoms with E-state index in [9.17, 15) is 0 Å². The zero-order chi connectivity index (χ0) is 19.3. The number of hydrogen-bond donors (Lipinski definition) is 0. The molecule has 0 saturated carbocycles. The summed E-state index contributed by atoms with van der Waals surface area (Å²) in [6.07, 6.45) is 4.34. The summed E-state index contributed by atoms with van der Waals surface area (Å²) in [5, 5.41) is 7.35. The third-order valence-corrected chi connectivity index (χ3v) is 5.26. The topological polar surface area (TPSA) is 18.5 Å². The fourth-order valence-corrected chi connectivity index (χ4v) is 3.63. The Labute approximate surface area is 167 Å². The first-order valence-electron chi connectivity index (χ1n) is 10.4. The van der Waals surface area contributed by atoms with Crippen LogP contribution in [0.3, 0.4) is 0 Å². The van der Waals surface area contributed by atoms with Crippen molar-refractivity contribution in [1.29, 1.82) is 0 Å². The largest absolute Gasteiger partial charge is 0.490 e. The van der Waals surface area contributed by atoms with E-state index in [1.54, 1.807) is 0 Å². The maximum atomic E-state index is 6.23. The molecule has 0 aromatic heterocycles. The minimum atomic E-state index is 0.718. The van der Waals surface area contributed by atoms with Gasteiger partial charge in [0, 0.05) is 5.39 Å². The molecule has 4 rings (SSSR count). The van der Waals surface area contributed by atoms with E-state index < -0.39 is 0 Å². The first-order valence-corrected chi connectivity index (χ1v) is 10.4. The van der Waals surface area contributed by atoms with E-state index in [1.165, 1.54) is 26.9 Å². The van der Waals surface area contributed by atoms with Crippen molar-refractivity contribution in [1.82, 2.24) is 0 Å². The summed E-state index contributed by atoms with van der Waals surface area (Å²) in [5.41, 5.74) is 0. The lowest BCUT2D eigenvalue weighted by molar-refractivity contribution is 0.264. The molecule has 0 saturated heterocycles. The zero-order valence-corrected chi connectivity index (χ0v) is 16.8. The van der Waals surface area contributed by atoms with Crippen molar-refractivity contribution in [3.8, 4) is 11.5 Å². The van der Waals surface area contributed by atoms with Crippen LogP contribution in [-0.2, 0) is 0 Å². The van der Waals surface area contributed by atoms with Crippen LogP contribution < -0.4 is 9.47 Å². The summed E-state index contributed by atoms with van der Waals surface area (Å²) < 4.78 is 12.3. The zero-order valence-electron chi connectivity index (χ0n) is 16.8. The van der Waals surface area contributed by atoms with E-state index >= 15 is 0 Å². The van der Waals surface area contributed by atoms with Gasteiger partial charge in [0.2, 0.25) is 0 Å². The van der Waals surface area contributed by atoms with Crippen molar-refractivity contribution in [2.24, 2.45) is 0 Å². The van der Waals surface area contributed by atoms with Gasteiger partial charge in [0.1, 0.15) is 0 Å². The number of fused-ring (bicyclic) bond motifs is 3. The molecule has 0 heterocycles. The van der Waals surface area contributed by atoms with Gasteiger partial charge >= 0.3 is 0 Å². The smallest absolute Gasteiger partial charge is 0.168 e. The number of unbranched alkanes of at least 4 members (excludes halogenated alkanes) is 2. The highest BCUT2D eigenvalue weighted by Gasteiger charge is 2.12. The van der Waals surface area contributed by atoms with Crippen molar-refractivity contribution in [2.75, 3.05) is 13.2 Å². The maximum absolute atomic E-state index is 6.23. The lowest BCUT2D eigenvalue weighted by Gasteiger charge is -2.16. The fraction of sp³-hybridized carbons (Fsp3) is 0.308. The van der Waals surface area contributed by atoms with Crippen LogP contribution in [0.1, 0.15) is 39.5 Å². The standard InChI is InChI=1S/C26H28O2/c1-3-5-13-27-25-12-11-21-17-22-15-19-9-7-8-10-20(19)16-23(22)18-24(21)26(25)28-14-6-4-2/h7-12,15-18H,3-6,13-14H2,1-2H3. The van der Waals surface area contributed by atoms with Gasteiger partial charge in [0.05, 0.1) is 13.2 Å². The molecule has 0 radical (unpaired) electrons. The highest BCUT2D eigenvalue weighted by atomic mass is 16.5. The Bertz CT molecular complexity index is 1100. The molecule has 0 aliphatic rings. The number of benzene rings is 4. The van der Waals surface area contributed by atoms with E-state index in [0.29, 0.717) is 0 Å². The monoisotopic (exact) mass is 372 g/mol. The first-order chi connectivity index (χ1) is 13.8. The predicted octanol–water partition coefficient (Wildman–Crippen LogP) is 7.50. The van der Waals surface area contributed by atoms with Crippen molar-refractivity contribution >= 4 is 32.3 Å². The predicted molar refractivity (Wildman–Crippen MR) is 120 cm³/mol. The second-order valence-corrected chi connectivity index (χ2v) is 7.42. The molecule has 0 aliphatic carbocycles. The van der Waals surface area contributed by atoms with Gasteiger partial charge in [-0.05, 0) is 70.1 Å². The average molecular weight is 373 g/mol. The van der Waals surface area contributed by atoms with Crippen LogP contribution in [0, 0.1) is 0 Å². The van der Waals surface area contributed by atoms with Gasteiger partial charge in [-0.1, -0.05) is 57.0 Å². The lowest BCUT2D eigenvalue weighted by atomic mass is 9.99. The second-order valence-electron chi connectivity index (χ2n) is 7.42. The lowest BCUT2D eigenvalue weighted by Crippen LogP contribution is -2.03. The van der Waals surface area contributed by atoms with Crippen LogP contribution in [0.15, 0.2) is 60.7 Å². The molecule has 0 atom stereocenters. The Kier molecular flexibility index (Phi) is 5.66. The molecule has 2 nitrogen and oxygen atoms in total. The second kappa shape index (κ2) is 8.52. The molecule has 4 aromatic rings. The van der Waals surface area contributed by atoms with Crippen LogP contribution in [0.25, 0.3) is 32.3 Å². The van der Waals surface area contributed by atoms with Gasteiger partial charge in [-0.2, -0.15) is 0 Å². The molecule has 144 valence electrons. The van der Waals surface area contributed by atoms with Crippen molar-refractivity contribution in [3.05, 3.63) is 60.7 Å². The van der Waals surface area contributed by atoms with E-state index in [1.807, 2.05) is 0 Å². The Morgan fingerprint density at radius 3 is 1.89 bits per heavy atom. The average Bonchev–Trinajstić information content (AvgIpc) is 2.72. The minimum Gasteiger partial charge on any atom is -0.490 e. The van der Waals surface area contributed by atoms with Crippen LogP contribution in [0.4, 0.5) is 0 Å².